The van der Waals surface area contributed by atoms with Crippen LogP contribution >= 0.6 is 0 Å². The van der Waals surface area contributed by atoms with Crippen molar-refractivity contribution in [2.24, 2.45) is 0 Å². The maximum Gasteiger partial charge on any atom is 0.326 e. The second-order valence-corrected chi connectivity index (χ2v) is 8.31. The molecule has 3 aromatic rings. The first-order valence-electron chi connectivity index (χ1n) is 8.26. The van der Waals surface area contributed by atoms with Crippen LogP contribution in [-0.4, -0.2) is 35.8 Å². The molecule has 0 spiro atoms. The Morgan fingerprint density at radius 3 is 2.54 bits per heavy atom. The van der Waals surface area contributed by atoms with E-state index in [1.54, 1.807) is 0 Å². The zero-order valence-electron chi connectivity index (χ0n) is 13.8. The van der Waals surface area contributed by atoms with Crippen molar-refractivity contribution in [2.45, 2.75) is 17.2 Å². The largest absolute Gasteiger partial charge is 0.326 e. The number of benzene rings is 2. The van der Waals surface area contributed by atoms with Gasteiger partial charge < -0.3 is 4.98 Å². The molecule has 1 aliphatic heterocycles. The number of nitrogens with zero attached hydrogens (tertiary/aromatic N) is 1. The Kier molecular flexibility index (Phi) is 4.01. The van der Waals surface area contributed by atoms with Crippen LogP contribution < -0.4 is 11.2 Å². The van der Waals surface area contributed by atoms with Gasteiger partial charge in [-0.2, -0.15) is 4.31 Å². The smallest absolute Gasteiger partial charge is 0.307 e. The van der Waals surface area contributed by atoms with Gasteiger partial charge in [0.15, 0.2) is 0 Å². The minimum Gasteiger partial charge on any atom is -0.307 e. The Bertz CT molecular complexity index is 1180. The standard InChI is InChI=1S/C18H17N3O4S/c22-17-15-10-14(6-7-16(15)19-18(23)20-17)26(24,25)21-9-8-13(11-21)12-4-2-1-3-5-12/h1-7,10,13H,8-9,11H2,(H2,19,20,22,23)/t13-/m0/s1. The predicted octanol–water partition coefficient (Wildman–Crippen LogP) is 1.39. The van der Waals surface area contributed by atoms with E-state index in [4.69, 9.17) is 0 Å². The maximum atomic E-state index is 13.0. The highest BCUT2D eigenvalue weighted by Crippen LogP contribution is 2.31. The highest BCUT2D eigenvalue weighted by molar-refractivity contribution is 7.89. The SMILES string of the molecule is O=c1[nH]c(=O)c2cc(S(=O)(=O)N3CC[C@H](c4ccccc4)C3)ccc2[nH]1. The lowest BCUT2D eigenvalue weighted by Crippen LogP contribution is -2.29. The van der Waals surface area contributed by atoms with E-state index in [1.165, 1.54) is 22.5 Å². The summed E-state index contributed by atoms with van der Waals surface area (Å²) in [4.78, 5) is 27.9. The molecule has 2 N–H and O–H groups in total. The fraction of sp³-hybridized carbons (Fsp3) is 0.222. The fourth-order valence-corrected chi connectivity index (χ4v) is 4.92. The summed E-state index contributed by atoms with van der Waals surface area (Å²) in [5.41, 5.74) is 0.201. The van der Waals surface area contributed by atoms with Crippen LogP contribution in [0.25, 0.3) is 10.9 Å². The molecule has 1 fully saturated rings. The minimum atomic E-state index is -3.71. The average Bonchev–Trinajstić information content (AvgIpc) is 3.13. The van der Waals surface area contributed by atoms with Gasteiger partial charge in [0, 0.05) is 13.1 Å². The molecule has 1 atom stereocenters. The first-order valence-corrected chi connectivity index (χ1v) is 9.70. The van der Waals surface area contributed by atoms with Gasteiger partial charge in [0.1, 0.15) is 0 Å². The molecule has 0 unspecified atom stereocenters. The van der Waals surface area contributed by atoms with Crippen LogP contribution in [0.3, 0.4) is 0 Å². The summed E-state index contributed by atoms with van der Waals surface area (Å²) in [6.45, 7) is 0.842. The van der Waals surface area contributed by atoms with Crippen molar-refractivity contribution in [1.29, 1.82) is 0 Å². The summed E-state index contributed by atoms with van der Waals surface area (Å²) in [7, 11) is -3.71. The highest BCUT2D eigenvalue weighted by Gasteiger charge is 2.33. The van der Waals surface area contributed by atoms with Gasteiger partial charge in [0.05, 0.1) is 15.8 Å². The lowest BCUT2D eigenvalue weighted by atomic mass is 9.99. The number of nitrogens with one attached hydrogen (secondary N) is 2. The second kappa shape index (κ2) is 6.22. The third kappa shape index (κ3) is 2.87. The summed E-state index contributed by atoms with van der Waals surface area (Å²) < 4.78 is 27.4. The molecule has 0 amide bonds. The maximum absolute atomic E-state index is 13.0. The fourth-order valence-electron chi connectivity index (χ4n) is 3.40. The van der Waals surface area contributed by atoms with Crippen molar-refractivity contribution in [3.63, 3.8) is 0 Å². The zero-order valence-corrected chi connectivity index (χ0v) is 14.6. The van der Waals surface area contributed by atoms with Gasteiger partial charge in [0.25, 0.3) is 5.56 Å². The number of rotatable bonds is 3. The van der Waals surface area contributed by atoms with Crippen LogP contribution in [-0.2, 0) is 10.0 Å². The van der Waals surface area contributed by atoms with Crippen LogP contribution in [0.1, 0.15) is 17.9 Å². The number of aromatic amines is 2. The van der Waals surface area contributed by atoms with Crippen LogP contribution in [0.15, 0.2) is 63.0 Å². The Balaban J connectivity index is 1.68. The van der Waals surface area contributed by atoms with E-state index in [-0.39, 0.29) is 16.2 Å². The third-order valence-electron chi connectivity index (χ3n) is 4.77. The van der Waals surface area contributed by atoms with Crippen molar-refractivity contribution in [3.8, 4) is 0 Å². The average molecular weight is 371 g/mol. The summed E-state index contributed by atoms with van der Waals surface area (Å²) >= 11 is 0. The van der Waals surface area contributed by atoms with E-state index >= 15 is 0 Å². The number of hydrogen-bond donors (Lipinski definition) is 2. The second-order valence-electron chi connectivity index (χ2n) is 6.37. The zero-order chi connectivity index (χ0) is 18.3. The van der Waals surface area contributed by atoms with Crippen molar-refractivity contribution in [1.82, 2.24) is 14.3 Å². The number of aromatic nitrogens is 2. The normalized spacial score (nSPS) is 18.4. The molecule has 2 heterocycles. The first-order chi connectivity index (χ1) is 12.4. The number of fused-ring (bicyclic) bond motifs is 1. The predicted molar refractivity (Wildman–Crippen MR) is 97.7 cm³/mol. The van der Waals surface area contributed by atoms with Gasteiger partial charge in [-0.3, -0.25) is 9.78 Å². The molecule has 0 aliphatic carbocycles. The van der Waals surface area contributed by atoms with Gasteiger partial charge in [-0.1, -0.05) is 30.3 Å². The third-order valence-corrected chi connectivity index (χ3v) is 6.63. The molecule has 0 bridgehead atoms. The van der Waals surface area contributed by atoms with Gasteiger partial charge in [-0.15, -0.1) is 0 Å². The highest BCUT2D eigenvalue weighted by atomic mass is 32.2. The molecule has 1 aliphatic rings. The molecule has 1 aromatic heterocycles. The van der Waals surface area contributed by atoms with Gasteiger partial charge in [-0.05, 0) is 36.1 Å². The molecule has 2 aromatic carbocycles. The number of H-pyrrole nitrogens is 2. The molecule has 26 heavy (non-hydrogen) atoms. The van der Waals surface area contributed by atoms with E-state index < -0.39 is 21.3 Å². The Morgan fingerprint density at radius 1 is 1.00 bits per heavy atom. The molecular weight excluding hydrogens is 354 g/mol. The summed E-state index contributed by atoms with van der Waals surface area (Å²) in [5.74, 6) is 0.159. The monoisotopic (exact) mass is 371 g/mol. The number of hydrogen-bond acceptors (Lipinski definition) is 4. The Hall–Kier alpha value is -2.71. The molecule has 8 heteroatoms. The van der Waals surface area contributed by atoms with E-state index in [0.29, 0.717) is 18.6 Å². The van der Waals surface area contributed by atoms with E-state index in [1.807, 2.05) is 30.3 Å². The first kappa shape index (κ1) is 16.7. The van der Waals surface area contributed by atoms with Crippen LogP contribution in [0.2, 0.25) is 0 Å². The number of sulfonamides is 1. The van der Waals surface area contributed by atoms with Gasteiger partial charge in [-0.25, -0.2) is 13.2 Å². The molecular formula is C18H17N3O4S. The van der Waals surface area contributed by atoms with E-state index in [9.17, 15) is 18.0 Å². The molecule has 134 valence electrons. The van der Waals surface area contributed by atoms with Crippen LogP contribution in [0.5, 0.6) is 0 Å². The van der Waals surface area contributed by atoms with Crippen molar-refractivity contribution in [2.75, 3.05) is 13.1 Å². The topological polar surface area (TPSA) is 103 Å². The van der Waals surface area contributed by atoms with E-state index in [0.717, 1.165) is 12.0 Å². The molecule has 4 rings (SSSR count). The lowest BCUT2D eigenvalue weighted by Gasteiger charge is -2.17. The van der Waals surface area contributed by atoms with Crippen LogP contribution in [0, 0.1) is 0 Å². The molecule has 0 saturated carbocycles. The summed E-state index contributed by atoms with van der Waals surface area (Å²) in [5, 5.41) is 0.143. The van der Waals surface area contributed by atoms with Gasteiger partial charge in [0.2, 0.25) is 10.0 Å². The quantitative estimate of drug-likeness (QED) is 0.726. The lowest BCUT2D eigenvalue weighted by molar-refractivity contribution is 0.473. The van der Waals surface area contributed by atoms with Crippen molar-refractivity contribution >= 4 is 20.9 Å². The summed E-state index contributed by atoms with van der Waals surface area (Å²) in [6.07, 6.45) is 0.755. The minimum absolute atomic E-state index is 0.0521. The molecule has 7 nitrogen and oxygen atoms in total. The van der Waals surface area contributed by atoms with Crippen LogP contribution in [0.4, 0.5) is 0 Å². The summed E-state index contributed by atoms with van der Waals surface area (Å²) in [6, 6.07) is 14.0. The van der Waals surface area contributed by atoms with Crippen molar-refractivity contribution < 1.29 is 8.42 Å². The Morgan fingerprint density at radius 2 is 1.77 bits per heavy atom. The Labute approximate surface area is 149 Å². The van der Waals surface area contributed by atoms with E-state index in [2.05, 4.69) is 9.97 Å². The molecule has 1 saturated heterocycles. The molecule has 0 radical (unpaired) electrons. The van der Waals surface area contributed by atoms with Crippen molar-refractivity contribution in [3.05, 3.63) is 74.9 Å². The van der Waals surface area contributed by atoms with Gasteiger partial charge >= 0.3 is 5.69 Å².